The summed E-state index contributed by atoms with van der Waals surface area (Å²) in [6.07, 6.45) is 4.30. The highest BCUT2D eigenvalue weighted by atomic mass is 35.5. The summed E-state index contributed by atoms with van der Waals surface area (Å²) < 4.78 is 5.57. The fraction of sp³-hybridized carbons (Fsp3) is 0.348. The van der Waals surface area contributed by atoms with Gasteiger partial charge in [0.05, 0.1) is 5.02 Å². The number of piperidine rings is 1. The number of nitrogens with one attached hydrogen (secondary N) is 2. The fourth-order valence-corrected chi connectivity index (χ4v) is 3.88. The van der Waals surface area contributed by atoms with Gasteiger partial charge < -0.3 is 20.1 Å². The molecule has 8 nitrogen and oxygen atoms in total. The minimum atomic E-state index is -0.0946. The molecule has 1 aliphatic heterocycles. The summed E-state index contributed by atoms with van der Waals surface area (Å²) in [5.74, 6) is 1.12. The van der Waals surface area contributed by atoms with Gasteiger partial charge in [0.25, 0.3) is 5.91 Å². The van der Waals surface area contributed by atoms with Crippen LogP contribution in [0.15, 0.2) is 41.1 Å². The van der Waals surface area contributed by atoms with Gasteiger partial charge >= 0.3 is 0 Å². The number of carbonyl (C=O) groups is 1. The predicted molar refractivity (Wildman–Crippen MR) is 124 cm³/mol. The summed E-state index contributed by atoms with van der Waals surface area (Å²) in [5.41, 5.74) is 2.89. The maximum atomic E-state index is 12.7. The molecule has 166 valence electrons. The van der Waals surface area contributed by atoms with E-state index in [0.29, 0.717) is 35.5 Å². The van der Waals surface area contributed by atoms with Gasteiger partial charge in [0.1, 0.15) is 5.69 Å². The lowest BCUT2D eigenvalue weighted by molar-refractivity contribution is 0.0698. The lowest BCUT2D eigenvalue weighted by atomic mass is 9.96. The van der Waals surface area contributed by atoms with Gasteiger partial charge in [-0.2, -0.15) is 4.98 Å². The molecule has 0 saturated carbocycles. The Morgan fingerprint density at radius 2 is 2.06 bits per heavy atom. The van der Waals surface area contributed by atoms with Crippen molar-refractivity contribution in [1.82, 2.24) is 20.0 Å². The Morgan fingerprint density at radius 3 is 2.72 bits per heavy atom. The largest absolute Gasteiger partial charge is 0.382 e. The Bertz CT molecular complexity index is 1100. The quantitative estimate of drug-likeness (QED) is 0.528. The van der Waals surface area contributed by atoms with E-state index in [-0.39, 0.29) is 17.9 Å². The normalized spacial score (nSPS) is 14.6. The topological polar surface area (TPSA) is 108 Å². The molecular weight excluding hydrogens is 428 g/mol. The van der Waals surface area contributed by atoms with Crippen molar-refractivity contribution in [3.8, 4) is 11.4 Å². The average molecular weight is 453 g/mol. The van der Waals surface area contributed by atoms with Crippen LogP contribution in [0.5, 0.6) is 0 Å². The molecule has 0 unspecified atom stereocenters. The van der Waals surface area contributed by atoms with E-state index < -0.39 is 0 Å². The van der Waals surface area contributed by atoms with Crippen LogP contribution in [0.1, 0.15) is 54.5 Å². The highest BCUT2D eigenvalue weighted by molar-refractivity contribution is 6.30. The number of rotatable bonds is 6. The second-order valence-electron chi connectivity index (χ2n) is 8.13. The molecule has 1 saturated heterocycles. The Labute approximate surface area is 191 Å². The lowest BCUT2D eigenvalue weighted by Gasteiger charge is -2.30. The summed E-state index contributed by atoms with van der Waals surface area (Å²) >= 11 is 5.86. The number of benzene rings is 1. The van der Waals surface area contributed by atoms with Crippen LogP contribution in [0.3, 0.4) is 0 Å². The number of amides is 1. The van der Waals surface area contributed by atoms with Gasteiger partial charge in [0.2, 0.25) is 11.7 Å². The van der Waals surface area contributed by atoms with Crippen molar-refractivity contribution < 1.29 is 9.32 Å². The van der Waals surface area contributed by atoms with Gasteiger partial charge in [-0.25, -0.2) is 4.98 Å². The standard InChI is InChI=1S/C23H25ClN6O2/c1-14(2)27-20-11-16(3-4-17(20)12-25)21-28-22(32-29-21)15-7-9-30(10-8-15)23(31)19-6-5-18(24)13-26-19/h3-6,11-15,25,27H,7-10H2,1-2H3. The molecule has 9 heteroatoms. The van der Waals surface area contributed by atoms with Gasteiger partial charge in [-0.05, 0) is 44.9 Å². The van der Waals surface area contributed by atoms with Crippen LogP contribution in [0.2, 0.25) is 5.02 Å². The molecule has 0 atom stereocenters. The minimum absolute atomic E-state index is 0.0946. The zero-order valence-corrected chi connectivity index (χ0v) is 18.8. The number of hydrogen-bond acceptors (Lipinski definition) is 7. The monoisotopic (exact) mass is 452 g/mol. The number of halogens is 1. The van der Waals surface area contributed by atoms with Crippen molar-refractivity contribution in [2.24, 2.45) is 0 Å². The number of likely N-dealkylation sites (tertiary alicyclic amines) is 1. The second kappa shape index (κ2) is 9.48. The first-order chi connectivity index (χ1) is 15.4. The molecule has 3 heterocycles. The van der Waals surface area contributed by atoms with Gasteiger partial charge in [-0.3, -0.25) is 4.79 Å². The third-order valence-corrected chi connectivity index (χ3v) is 5.65. The second-order valence-corrected chi connectivity index (χ2v) is 8.57. The van der Waals surface area contributed by atoms with Crippen LogP contribution in [-0.2, 0) is 0 Å². The zero-order chi connectivity index (χ0) is 22.7. The summed E-state index contributed by atoms with van der Waals surface area (Å²) in [5, 5.41) is 15.6. The first-order valence-corrected chi connectivity index (χ1v) is 11.0. The summed E-state index contributed by atoms with van der Waals surface area (Å²) in [7, 11) is 0. The van der Waals surface area contributed by atoms with Gasteiger partial charge in [-0.1, -0.05) is 28.9 Å². The van der Waals surface area contributed by atoms with Crippen LogP contribution in [-0.4, -0.2) is 51.3 Å². The van der Waals surface area contributed by atoms with Crippen molar-refractivity contribution in [3.05, 3.63) is 58.7 Å². The molecule has 1 aromatic carbocycles. The van der Waals surface area contributed by atoms with Gasteiger partial charge in [0, 0.05) is 54.3 Å². The van der Waals surface area contributed by atoms with E-state index in [1.165, 1.54) is 12.4 Å². The maximum absolute atomic E-state index is 12.7. The smallest absolute Gasteiger partial charge is 0.272 e. The number of carbonyl (C=O) groups excluding carboxylic acids is 1. The Hall–Kier alpha value is -3.26. The molecule has 0 bridgehead atoms. The van der Waals surface area contributed by atoms with Crippen molar-refractivity contribution in [2.45, 2.75) is 38.6 Å². The van der Waals surface area contributed by atoms with Crippen molar-refractivity contribution in [2.75, 3.05) is 18.4 Å². The predicted octanol–water partition coefficient (Wildman–Crippen LogP) is 4.62. The summed E-state index contributed by atoms with van der Waals surface area (Å²) in [6.45, 7) is 5.30. The average Bonchev–Trinajstić information content (AvgIpc) is 3.29. The van der Waals surface area contributed by atoms with E-state index in [2.05, 4.69) is 20.4 Å². The van der Waals surface area contributed by atoms with Crippen LogP contribution < -0.4 is 5.32 Å². The third-order valence-electron chi connectivity index (χ3n) is 5.43. The molecule has 4 rings (SSSR count). The molecule has 2 N–H and O–H groups in total. The molecular formula is C23H25ClN6O2. The van der Waals surface area contributed by atoms with E-state index >= 15 is 0 Å². The zero-order valence-electron chi connectivity index (χ0n) is 18.0. The SMILES string of the molecule is CC(C)Nc1cc(-c2noc(C3CCN(C(=O)c4ccc(Cl)cn4)CC3)n2)ccc1C=N. The van der Waals surface area contributed by atoms with Gasteiger partial charge in [-0.15, -0.1) is 0 Å². The summed E-state index contributed by atoms with van der Waals surface area (Å²) in [6, 6.07) is 9.26. The number of pyridine rings is 1. The van der Waals surface area contributed by atoms with E-state index in [4.69, 9.17) is 21.5 Å². The molecule has 0 radical (unpaired) electrons. The van der Waals surface area contributed by atoms with Gasteiger partial charge in [0.15, 0.2) is 0 Å². The highest BCUT2D eigenvalue weighted by Crippen LogP contribution is 2.30. The minimum Gasteiger partial charge on any atom is -0.382 e. The first kappa shape index (κ1) is 22.0. The molecule has 1 amide bonds. The Morgan fingerprint density at radius 1 is 1.28 bits per heavy atom. The molecule has 0 spiro atoms. The number of hydrogen-bond donors (Lipinski definition) is 2. The summed E-state index contributed by atoms with van der Waals surface area (Å²) in [4.78, 5) is 23.2. The van der Waals surface area contributed by atoms with E-state index in [1.54, 1.807) is 17.0 Å². The third kappa shape index (κ3) is 4.80. The van der Waals surface area contributed by atoms with Crippen molar-refractivity contribution in [1.29, 1.82) is 5.41 Å². The van der Waals surface area contributed by atoms with E-state index in [1.807, 2.05) is 32.0 Å². The number of aromatic nitrogens is 3. The molecule has 1 aliphatic rings. The first-order valence-electron chi connectivity index (χ1n) is 10.6. The Balaban J connectivity index is 1.43. The number of nitrogens with zero attached hydrogens (tertiary/aromatic N) is 4. The van der Waals surface area contributed by atoms with Crippen LogP contribution in [0.4, 0.5) is 5.69 Å². The molecule has 1 fully saturated rings. The fourth-order valence-electron chi connectivity index (χ4n) is 3.77. The molecule has 3 aromatic rings. The van der Waals surface area contributed by atoms with Crippen molar-refractivity contribution >= 4 is 29.4 Å². The Kier molecular flexibility index (Phi) is 6.50. The van der Waals surface area contributed by atoms with E-state index in [9.17, 15) is 4.79 Å². The van der Waals surface area contributed by atoms with Crippen LogP contribution in [0, 0.1) is 5.41 Å². The maximum Gasteiger partial charge on any atom is 0.272 e. The van der Waals surface area contributed by atoms with Crippen LogP contribution in [0.25, 0.3) is 11.4 Å². The van der Waals surface area contributed by atoms with Crippen molar-refractivity contribution in [3.63, 3.8) is 0 Å². The van der Waals surface area contributed by atoms with E-state index in [0.717, 1.165) is 29.7 Å². The molecule has 2 aromatic heterocycles. The number of anilines is 1. The van der Waals surface area contributed by atoms with Crippen LogP contribution >= 0.6 is 11.6 Å². The lowest BCUT2D eigenvalue weighted by Crippen LogP contribution is -2.38. The molecule has 0 aliphatic carbocycles. The molecule has 32 heavy (non-hydrogen) atoms. The highest BCUT2D eigenvalue weighted by Gasteiger charge is 2.28.